The van der Waals surface area contributed by atoms with Gasteiger partial charge in [-0.2, -0.15) is 0 Å². The van der Waals surface area contributed by atoms with E-state index in [1.807, 2.05) is 0 Å². The standard InChI is InChI=1S/C7H12N2O2/c1-7(11)4-9(5-7)6(10)2-3-8/h2-3,11H,4-5,8H2,1H3/b3-2-. The molecule has 1 aliphatic heterocycles. The minimum absolute atomic E-state index is 0.140. The van der Waals surface area contributed by atoms with Crippen LogP contribution in [0.4, 0.5) is 0 Å². The molecule has 0 atom stereocenters. The molecule has 0 radical (unpaired) electrons. The Morgan fingerprint density at radius 1 is 1.73 bits per heavy atom. The number of hydrogen-bond donors (Lipinski definition) is 2. The third-order valence-corrected chi connectivity index (χ3v) is 1.61. The van der Waals surface area contributed by atoms with E-state index < -0.39 is 5.60 Å². The molecule has 0 aromatic rings. The van der Waals surface area contributed by atoms with Gasteiger partial charge in [-0.15, -0.1) is 0 Å². The highest BCUT2D eigenvalue weighted by Crippen LogP contribution is 2.19. The van der Waals surface area contributed by atoms with Crippen molar-refractivity contribution >= 4 is 5.91 Å². The molecule has 1 amide bonds. The van der Waals surface area contributed by atoms with E-state index in [9.17, 15) is 9.90 Å². The number of amides is 1. The first-order chi connectivity index (χ1) is 5.05. The van der Waals surface area contributed by atoms with Crippen LogP contribution in [0.25, 0.3) is 0 Å². The third-order valence-electron chi connectivity index (χ3n) is 1.61. The summed E-state index contributed by atoms with van der Waals surface area (Å²) < 4.78 is 0. The Morgan fingerprint density at radius 3 is 2.64 bits per heavy atom. The van der Waals surface area contributed by atoms with Crippen molar-refractivity contribution in [3.05, 3.63) is 12.3 Å². The smallest absolute Gasteiger partial charge is 0.248 e. The molecule has 0 aliphatic carbocycles. The molecule has 0 aromatic carbocycles. The van der Waals surface area contributed by atoms with E-state index in [1.165, 1.54) is 17.2 Å². The predicted octanol–water partition coefficient (Wildman–Crippen LogP) is -0.948. The number of carbonyl (C=O) groups is 1. The van der Waals surface area contributed by atoms with Gasteiger partial charge in [-0.05, 0) is 13.1 Å². The first-order valence-corrected chi connectivity index (χ1v) is 3.45. The highest BCUT2D eigenvalue weighted by Gasteiger charge is 2.38. The molecule has 1 fully saturated rings. The van der Waals surface area contributed by atoms with Crippen LogP contribution in [-0.4, -0.2) is 34.6 Å². The van der Waals surface area contributed by atoms with Crippen molar-refractivity contribution in [3.8, 4) is 0 Å². The largest absolute Gasteiger partial charge is 0.404 e. The van der Waals surface area contributed by atoms with Gasteiger partial charge >= 0.3 is 0 Å². The van der Waals surface area contributed by atoms with Crippen molar-refractivity contribution < 1.29 is 9.90 Å². The van der Waals surface area contributed by atoms with Crippen LogP contribution in [0.2, 0.25) is 0 Å². The second-order valence-corrected chi connectivity index (χ2v) is 3.05. The van der Waals surface area contributed by atoms with Gasteiger partial charge in [0.25, 0.3) is 0 Å². The number of aliphatic hydroxyl groups is 1. The van der Waals surface area contributed by atoms with E-state index in [0.717, 1.165) is 0 Å². The summed E-state index contributed by atoms with van der Waals surface area (Å²) in [5.41, 5.74) is 4.33. The summed E-state index contributed by atoms with van der Waals surface area (Å²) in [5.74, 6) is -0.140. The summed E-state index contributed by atoms with van der Waals surface area (Å²) in [6.07, 6.45) is 2.49. The van der Waals surface area contributed by atoms with Crippen LogP contribution in [-0.2, 0) is 4.79 Å². The fourth-order valence-electron chi connectivity index (χ4n) is 1.12. The Hall–Kier alpha value is -1.03. The minimum Gasteiger partial charge on any atom is -0.404 e. The van der Waals surface area contributed by atoms with Crippen LogP contribution in [0.3, 0.4) is 0 Å². The van der Waals surface area contributed by atoms with E-state index in [4.69, 9.17) is 5.73 Å². The lowest BCUT2D eigenvalue weighted by Gasteiger charge is -2.43. The van der Waals surface area contributed by atoms with Crippen LogP contribution in [0.1, 0.15) is 6.92 Å². The van der Waals surface area contributed by atoms with E-state index in [1.54, 1.807) is 6.92 Å². The maximum Gasteiger partial charge on any atom is 0.248 e. The van der Waals surface area contributed by atoms with Gasteiger partial charge in [0.05, 0.1) is 18.7 Å². The second kappa shape index (κ2) is 2.54. The van der Waals surface area contributed by atoms with Crippen molar-refractivity contribution in [3.63, 3.8) is 0 Å². The van der Waals surface area contributed by atoms with Gasteiger partial charge in [-0.3, -0.25) is 4.79 Å². The number of nitrogens with zero attached hydrogens (tertiary/aromatic N) is 1. The molecule has 1 rings (SSSR count). The van der Waals surface area contributed by atoms with Crippen LogP contribution in [0, 0.1) is 0 Å². The Morgan fingerprint density at radius 2 is 2.27 bits per heavy atom. The summed E-state index contributed by atoms with van der Waals surface area (Å²) in [7, 11) is 0. The van der Waals surface area contributed by atoms with E-state index in [0.29, 0.717) is 13.1 Å². The fraction of sp³-hybridized carbons (Fsp3) is 0.571. The number of hydrogen-bond acceptors (Lipinski definition) is 3. The average molecular weight is 156 g/mol. The van der Waals surface area contributed by atoms with E-state index in [-0.39, 0.29) is 5.91 Å². The maximum absolute atomic E-state index is 11.0. The number of β-amino-alcohol motifs (C(OH)–C–C–N with tert-alkyl or cyclic N) is 1. The maximum atomic E-state index is 11.0. The van der Waals surface area contributed by atoms with Gasteiger partial charge in [0.1, 0.15) is 0 Å². The summed E-state index contributed by atoms with van der Waals surface area (Å²) in [6, 6.07) is 0. The highest BCUT2D eigenvalue weighted by atomic mass is 16.3. The predicted molar refractivity (Wildman–Crippen MR) is 40.5 cm³/mol. The zero-order chi connectivity index (χ0) is 8.48. The molecular weight excluding hydrogens is 144 g/mol. The lowest BCUT2D eigenvalue weighted by Crippen LogP contribution is -2.61. The van der Waals surface area contributed by atoms with Crippen molar-refractivity contribution in [2.24, 2.45) is 5.73 Å². The molecule has 1 aliphatic rings. The lowest BCUT2D eigenvalue weighted by atomic mass is 9.97. The monoisotopic (exact) mass is 156 g/mol. The Kier molecular flexibility index (Phi) is 1.87. The molecule has 1 saturated heterocycles. The lowest BCUT2D eigenvalue weighted by molar-refractivity contribution is -0.146. The van der Waals surface area contributed by atoms with Crippen molar-refractivity contribution in [2.75, 3.05) is 13.1 Å². The van der Waals surface area contributed by atoms with Gasteiger partial charge in [-0.25, -0.2) is 0 Å². The fourth-order valence-corrected chi connectivity index (χ4v) is 1.12. The first-order valence-electron chi connectivity index (χ1n) is 3.45. The van der Waals surface area contributed by atoms with Gasteiger partial charge in [0.15, 0.2) is 0 Å². The minimum atomic E-state index is -0.696. The van der Waals surface area contributed by atoms with Crippen LogP contribution >= 0.6 is 0 Å². The van der Waals surface area contributed by atoms with Gasteiger partial charge in [0, 0.05) is 6.08 Å². The van der Waals surface area contributed by atoms with Crippen LogP contribution in [0.5, 0.6) is 0 Å². The van der Waals surface area contributed by atoms with Crippen LogP contribution < -0.4 is 5.73 Å². The number of likely N-dealkylation sites (tertiary alicyclic amines) is 1. The summed E-state index contributed by atoms with van der Waals surface area (Å²) in [5, 5.41) is 9.25. The molecule has 0 saturated carbocycles. The van der Waals surface area contributed by atoms with E-state index >= 15 is 0 Å². The third kappa shape index (κ3) is 1.71. The summed E-state index contributed by atoms with van der Waals surface area (Å²) in [6.45, 7) is 2.50. The molecule has 4 heteroatoms. The molecular formula is C7H12N2O2. The molecule has 0 aromatic heterocycles. The second-order valence-electron chi connectivity index (χ2n) is 3.05. The Balaban J connectivity index is 2.38. The normalized spacial score (nSPS) is 21.8. The molecule has 0 spiro atoms. The average Bonchev–Trinajstić information content (AvgIpc) is 1.83. The molecule has 11 heavy (non-hydrogen) atoms. The zero-order valence-corrected chi connectivity index (χ0v) is 6.45. The molecule has 62 valence electrons. The first kappa shape index (κ1) is 8.07. The Bertz CT molecular complexity index is 191. The van der Waals surface area contributed by atoms with Crippen LogP contribution in [0.15, 0.2) is 12.3 Å². The van der Waals surface area contributed by atoms with Crippen molar-refractivity contribution in [1.29, 1.82) is 0 Å². The van der Waals surface area contributed by atoms with E-state index in [2.05, 4.69) is 0 Å². The molecule has 1 heterocycles. The molecule has 0 unspecified atom stereocenters. The zero-order valence-electron chi connectivity index (χ0n) is 6.45. The Labute approximate surface area is 65.3 Å². The SMILES string of the molecule is CC1(O)CN(C(=O)/C=C\N)C1. The number of carbonyl (C=O) groups excluding carboxylic acids is 1. The number of rotatable bonds is 1. The quantitative estimate of drug-likeness (QED) is 0.481. The molecule has 4 nitrogen and oxygen atoms in total. The van der Waals surface area contributed by atoms with Gasteiger partial charge in [0.2, 0.25) is 5.91 Å². The highest BCUT2D eigenvalue weighted by molar-refractivity contribution is 5.88. The number of nitrogens with two attached hydrogens (primary N) is 1. The van der Waals surface area contributed by atoms with Crippen molar-refractivity contribution in [2.45, 2.75) is 12.5 Å². The topological polar surface area (TPSA) is 66.6 Å². The molecule has 3 N–H and O–H groups in total. The summed E-state index contributed by atoms with van der Waals surface area (Å²) in [4.78, 5) is 12.5. The van der Waals surface area contributed by atoms with Gasteiger partial charge < -0.3 is 15.7 Å². The molecule has 0 bridgehead atoms. The summed E-state index contributed by atoms with van der Waals surface area (Å²) >= 11 is 0. The van der Waals surface area contributed by atoms with Crippen molar-refractivity contribution in [1.82, 2.24) is 4.90 Å². The van der Waals surface area contributed by atoms with Gasteiger partial charge in [-0.1, -0.05) is 0 Å².